The zero-order chi connectivity index (χ0) is 15.9. The number of carbonyl (C=O) groups excluding carboxylic acids is 1. The van der Waals surface area contributed by atoms with Gasteiger partial charge in [0.1, 0.15) is 5.82 Å². The lowest BCUT2D eigenvalue weighted by Gasteiger charge is -2.10. The molecule has 0 bridgehead atoms. The average molecular weight is 298 g/mol. The third-order valence-electron chi connectivity index (χ3n) is 3.12. The highest BCUT2D eigenvalue weighted by molar-refractivity contribution is 6.02. The number of nitrogens with zero attached hydrogens (tertiary/aromatic N) is 1. The lowest BCUT2D eigenvalue weighted by molar-refractivity contribution is 0.0950. The molecule has 0 aliphatic rings. The summed E-state index contributed by atoms with van der Waals surface area (Å²) in [4.78, 5) is 12.0. The second kappa shape index (κ2) is 7.50. The molecule has 114 valence electrons. The molecule has 0 atom stereocenters. The van der Waals surface area contributed by atoms with Crippen LogP contribution >= 0.6 is 0 Å². The number of nitrogens with one attached hydrogen (secondary N) is 1. The smallest absolute Gasteiger partial charge is 0.267 e. The second-order valence-corrected chi connectivity index (χ2v) is 5.44. The summed E-state index contributed by atoms with van der Waals surface area (Å²) in [7, 11) is 0. The first-order valence-corrected chi connectivity index (χ1v) is 7.24. The van der Waals surface area contributed by atoms with Crippen molar-refractivity contribution < 1.29 is 9.18 Å². The van der Waals surface area contributed by atoms with E-state index >= 15 is 0 Å². The molecule has 0 aliphatic heterocycles. The summed E-state index contributed by atoms with van der Waals surface area (Å²) < 4.78 is 13.6. The number of rotatable bonds is 5. The van der Waals surface area contributed by atoms with E-state index in [9.17, 15) is 9.18 Å². The molecule has 4 heteroatoms. The first-order valence-electron chi connectivity index (χ1n) is 7.24. The third kappa shape index (κ3) is 4.25. The van der Waals surface area contributed by atoms with Crippen LogP contribution < -0.4 is 5.43 Å². The highest BCUT2D eigenvalue weighted by atomic mass is 19.1. The number of halogens is 1. The molecule has 22 heavy (non-hydrogen) atoms. The lowest BCUT2D eigenvalue weighted by atomic mass is 10.0. The first-order chi connectivity index (χ1) is 10.6. The van der Waals surface area contributed by atoms with Crippen LogP contribution in [0.15, 0.2) is 59.7 Å². The Morgan fingerprint density at radius 1 is 1.09 bits per heavy atom. The number of benzene rings is 2. The van der Waals surface area contributed by atoms with Crippen molar-refractivity contribution in [2.24, 2.45) is 11.0 Å². The minimum absolute atomic E-state index is 0.0109. The third-order valence-corrected chi connectivity index (χ3v) is 3.12. The van der Waals surface area contributed by atoms with Crippen molar-refractivity contribution in [3.05, 3.63) is 71.5 Å². The predicted molar refractivity (Wildman–Crippen MR) is 86.3 cm³/mol. The van der Waals surface area contributed by atoms with Gasteiger partial charge in [-0.15, -0.1) is 0 Å². The van der Waals surface area contributed by atoms with Gasteiger partial charge in [0.05, 0.1) is 11.3 Å². The normalized spacial score (nSPS) is 11.5. The van der Waals surface area contributed by atoms with E-state index in [1.807, 2.05) is 30.3 Å². The molecular weight excluding hydrogens is 279 g/mol. The van der Waals surface area contributed by atoms with Crippen LogP contribution in [-0.4, -0.2) is 11.6 Å². The van der Waals surface area contributed by atoms with Crippen molar-refractivity contribution in [1.29, 1.82) is 0 Å². The fraction of sp³-hybridized carbons (Fsp3) is 0.222. The summed E-state index contributed by atoms with van der Waals surface area (Å²) in [5.41, 5.74) is 4.17. The molecule has 1 amide bonds. The van der Waals surface area contributed by atoms with Crippen LogP contribution in [0.1, 0.15) is 36.2 Å². The Morgan fingerprint density at radius 2 is 1.73 bits per heavy atom. The van der Waals surface area contributed by atoms with E-state index in [2.05, 4.69) is 24.4 Å². The van der Waals surface area contributed by atoms with Crippen molar-refractivity contribution in [3.8, 4) is 0 Å². The molecule has 0 aromatic heterocycles. The van der Waals surface area contributed by atoms with Gasteiger partial charge in [0.2, 0.25) is 0 Å². The molecule has 0 unspecified atom stereocenters. The van der Waals surface area contributed by atoms with Gasteiger partial charge in [-0.2, -0.15) is 5.10 Å². The fourth-order valence-electron chi connectivity index (χ4n) is 2.07. The molecule has 0 saturated heterocycles. The lowest BCUT2D eigenvalue weighted by Crippen LogP contribution is -2.21. The summed E-state index contributed by atoms with van der Waals surface area (Å²) in [6.45, 7) is 4.16. The molecule has 0 aliphatic carbocycles. The summed E-state index contributed by atoms with van der Waals surface area (Å²) in [6.07, 6.45) is 0.724. The summed E-state index contributed by atoms with van der Waals surface area (Å²) in [5.74, 6) is -0.708. The van der Waals surface area contributed by atoms with Gasteiger partial charge in [0.15, 0.2) is 0 Å². The molecule has 3 nitrogen and oxygen atoms in total. The van der Waals surface area contributed by atoms with Crippen LogP contribution in [0, 0.1) is 11.7 Å². The van der Waals surface area contributed by atoms with Gasteiger partial charge in [0, 0.05) is 0 Å². The van der Waals surface area contributed by atoms with E-state index in [0.29, 0.717) is 5.92 Å². The zero-order valence-corrected chi connectivity index (χ0v) is 12.7. The van der Waals surface area contributed by atoms with E-state index in [4.69, 9.17) is 0 Å². The maximum absolute atomic E-state index is 13.6. The highest BCUT2D eigenvalue weighted by Gasteiger charge is 2.11. The van der Waals surface area contributed by atoms with Gasteiger partial charge in [-0.3, -0.25) is 4.79 Å². The van der Waals surface area contributed by atoms with Gasteiger partial charge in [-0.25, -0.2) is 9.82 Å². The standard InChI is InChI=1S/C18H19FN2O/c1-13(2)12-17(14-8-4-3-5-9-14)20-21-18(22)15-10-6-7-11-16(15)19/h3-11,13H,12H2,1-2H3,(H,21,22)/b20-17+. The predicted octanol–water partition coefficient (Wildman–Crippen LogP) is 4.01. The van der Waals surface area contributed by atoms with E-state index in [-0.39, 0.29) is 5.56 Å². The van der Waals surface area contributed by atoms with E-state index in [1.54, 1.807) is 12.1 Å². The number of hydrazone groups is 1. The van der Waals surface area contributed by atoms with Crippen molar-refractivity contribution in [1.82, 2.24) is 5.43 Å². The monoisotopic (exact) mass is 298 g/mol. The van der Waals surface area contributed by atoms with Crippen LogP contribution in [0.3, 0.4) is 0 Å². The van der Waals surface area contributed by atoms with Crippen LogP contribution in [0.25, 0.3) is 0 Å². The Kier molecular flexibility index (Phi) is 5.42. The second-order valence-electron chi connectivity index (χ2n) is 5.44. The minimum Gasteiger partial charge on any atom is -0.267 e. The topological polar surface area (TPSA) is 41.5 Å². The minimum atomic E-state index is -0.555. The quantitative estimate of drug-likeness (QED) is 0.657. The number of hydrogen-bond acceptors (Lipinski definition) is 2. The van der Waals surface area contributed by atoms with E-state index in [0.717, 1.165) is 17.7 Å². The molecule has 2 aromatic rings. The van der Waals surface area contributed by atoms with Crippen molar-refractivity contribution >= 4 is 11.6 Å². The molecular formula is C18H19FN2O. The largest absolute Gasteiger partial charge is 0.274 e. The first kappa shape index (κ1) is 15.9. The summed E-state index contributed by atoms with van der Waals surface area (Å²) in [5, 5.41) is 4.20. The van der Waals surface area contributed by atoms with E-state index in [1.165, 1.54) is 12.1 Å². The number of carbonyl (C=O) groups is 1. The highest BCUT2D eigenvalue weighted by Crippen LogP contribution is 2.11. The van der Waals surface area contributed by atoms with Crippen molar-refractivity contribution in [2.75, 3.05) is 0 Å². The molecule has 0 saturated carbocycles. The van der Waals surface area contributed by atoms with E-state index < -0.39 is 11.7 Å². The Bertz CT molecular complexity index is 666. The number of hydrogen-bond donors (Lipinski definition) is 1. The molecule has 0 spiro atoms. The molecule has 2 rings (SSSR count). The molecule has 0 heterocycles. The van der Waals surface area contributed by atoms with Crippen LogP contribution in [0.5, 0.6) is 0 Å². The van der Waals surface area contributed by atoms with Gasteiger partial charge in [-0.1, -0.05) is 56.3 Å². The molecule has 0 radical (unpaired) electrons. The summed E-state index contributed by atoms with van der Waals surface area (Å²) in [6, 6.07) is 15.5. The Balaban J connectivity index is 2.20. The maximum Gasteiger partial charge on any atom is 0.274 e. The summed E-state index contributed by atoms with van der Waals surface area (Å²) >= 11 is 0. The van der Waals surface area contributed by atoms with Crippen LogP contribution in [0.4, 0.5) is 4.39 Å². The molecule has 2 aromatic carbocycles. The van der Waals surface area contributed by atoms with Crippen LogP contribution in [0.2, 0.25) is 0 Å². The Morgan fingerprint density at radius 3 is 2.36 bits per heavy atom. The SMILES string of the molecule is CC(C)C/C(=N\NC(=O)c1ccccc1F)c1ccccc1. The van der Waals surface area contributed by atoms with Gasteiger partial charge in [0.25, 0.3) is 5.91 Å². The molecule has 1 N–H and O–H groups in total. The van der Waals surface area contributed by atoms with Gasteiger partial charge >= 0.3 is 0 Å². The zero-order valence-electron chi connectivity index (χ0n) is 12.7. The fourth-order valence-corrected chi connectivity index (χ4v) is 2.07. The average Bonchev–Trinajstić information content (AvgIpc) is 2.52. The molecule has 0 fully saturated rings. The Hall–Kier alpha value is -2.49. The Labute approximate surface area is 129 Å². The van der Waals surface area contributed by atoms with Crippen molar-refractivity contribution in [2.45, 2.75) is 20.3 Å². The van der Waals surface area contributed by atoms with Crippen LogP contribution in [-0.2, 0) is 0 Å². The van der Waals surface area contributed by atoms with Gasteiger partial charge in [-0.05, 0) is 30.0 Å². The maximum atomic E-state index is 13.6. The van der Waals surface area contributed by atoms with Gasteiger partial charge < -0.3 is 0 Å². The number of amides is 1. The van der Waals surface area contributed by atoms with Crippen molar-refractivity contribution in [3.63, 3.8) is 0 Å².